The first-order valence-corrected chi connectivity index (χ1v) is 5.92. The van der Waals surface area contributed by atoms with Gasteiger partial charge in [-0.2, -0.15) is 0 Å². The Kier molecular flexibility index (Phi) is 3.75. The Labute approximate surface area is 103 Å². The highest BCUT2D eigenvalue weighted by atomic mass is 32.2. The molecule has 0 unspecified atom stereocenters. The highest BCUT2D eigenvalue weighted by molar-refractivity contribution is 7.99. The van der Waals surface area contributed by atoms with Gasteiger partial charge >= 0.3 is 0 Å². The van der Waals surface area contributed by atoms with Crippen molar-refractivity contribution in [3.8, 4) is 0 Å². The molecule has 1 N–H and O–H groups in total. The molecule has 2 rings (SSSR count). The third kappa shape index (κ3) is 2.83. The van der Waals surface area contributed by atoms with E-state index in [0.29, 0.717) is 23.2 Å². The number of halogens is 1. The summed E-state index contributed by atoms with van der Waals surface area (Å²) in [6.45, 7) is 2.18. The molecule has 0 fully saturated rings. The van der Waals surface area contributed by atoms with E-state index >= 15 is 0 Å². The summed E-state index contributed by atoms with van der Waals surface area (Å²) in [5.74, 6) is 0.264. The van der Waals surface area contributed by atoms with Crippen LogP contribution in [0.2, 0.25) is 0 Å². The maximum atomic E-state index is 13.6. The molecule has 0 aliphatic carbocycles. The zero-order valence-electron chi connectivity index (χ0n) is 9.53. The summed E-state index contributed by atoms with van der Waals surface area (Å²) < 4.78 is 18.9. The van der Waals surface area contributed by atoms with Crippen LogP contribution >= 0.6 is 11.8 Å². The van der Waals surface area contributed by atoms with E-state index < -0.39 is 0 Å². The fourth-order valence-electron chi connectivity index (χ4n) is 1.40. The number of nitrogens with one attached hydrogen (secondary N) is 1. The van der Waals surface area contributed by atoms with Crippen molar-refractivity contribution in [3.05, 3.63) is 35.5 Å². The van der Waals surface area contributed by atoms with Crippen molar-refractivity contribution in [2.24, 2.45) is 0 Å². The molecule has 0 spiro atoms. The number of rotatable bonds is 4. The Morgan fingerprint density at radius 2 is 2.24 bits per heavy atom. The highest BCUT2D eigenvalue weighted by Gasteiger charge is 2.12. The van der Waals surface area contributed by atoms with Crippen LogP contribution in [0.3, 0.4) is 0 Å². The van der Waals surface area contributed by atoms with E-state index in [-0.39, 0.29) is 5.82 Å². The van der Waals surface area contributed by atoms with Gasteiger partial charge < -0.3 is 9.73 Å². The molecule has 1 aromatic carbocycles. The summed E-state index contributed by atoms with van der Waals surface area (Å²) in [7, 11) is 1.78. The van der Waals surface area contributed by atoms with E-state index in [4.69, 9.17) is 4.42 Å². The zero-order chi connectivity index (χ0) is 12.3. The van der Waals surface area contributed by atoms with Crippen LogP contribution in [0.25, 0.3) is 0 Å². The van der Waals surface area contributed by atoms with Gasteiger partial charge in [-0.25, -0.2) is 4.39 Å². The Bertz CT molecular complexity index is 515. The fraction of sp³-hybridized carbons (Fsp3) is 0.273. The second kappa shape index (κ2) is 5.29. The third-order valence-corrected chi connectivity index (χ3v) is 3.08. The Morgan fingerprint density at radius 1 is 1.41 bits per heavy atom. The Balaban J connectivity index is 2.28. The molecular formula is C11H12FN3OS. The minimum atomic E-state index is -0.236. The number of aromatic nitrogens is 2. The number of hydrogen-bond donors (Lipinski definition) is 1. The van der Waals surface area contributed by atoms with Crippen LogP contribution in [0.4, 0.5) is 4.39 Å². The molecule has 0 aliphatic heterocycles. The molecule has 0 saturated heterocycles. The molecule has 1 aromatic heterocycles. The normalized spacial score (nSPS) is 10.8. The number of benzene rings is 1. The minimum absolute atomic E-state index is 0.236. The number of nitrogens with zero attached hydrogens (tertiary/aromatic N) is 2. The summed E-state index contributed by atoms with van der Waals surface area (Å²) in [6, 6.07) is 4.94. The standard InChI is InChI=1S/C11H12FN3OS/c1-7-14-15-11(16-7)17-10-5-3-4-9(12)8(10)6-13-2/h3-5,13H,6H2,1-2H3. The topological polar surface area (TPSA) is 51.0 Å². The molecule has 0 amide bonds. The molecule has 2 aromatic rings. The zero-order valence-corrected chi connectivity index (χ0v) is 10.3. The van der Waals surface area contributed by atoms with Gasteiger partial charge in [0, 0.05) is 23.9 Å². The maximum absolute atomic E-state index is 13.6. The fourth-order valence-corrected chi connectivity index (χ4v) is 2.27. The highest BCUT2D eigenvalue weighted by Crippen LogP contribution is 2.30. The van der Waals surface area contributed by atoms with Crippen LogP contribution in [-0.2, 0) is 6.54 Å². The number of hydrogen-bond acceptors (Lipinski definition) is 5. The van der Waals surface area contributed by atoms with Crippen LogP contribution in [-0.4, -0.2) is 17.2 Å². The van der Waals surface area contributed by atoms with Crippen molar-refractivity contribution >= 4 is 11.8 Å². The predicted molar refractivity (Wildman–Crippen MR) is 62.3 cm³/mol. The van der Waals surface area contributed by atoms with E-state index in [1.807, 2.05) is 6.07 Å². The summed E-state index contributed by atoms with van der Waals surface area (Å²) in [5.41, 5.74) is 0.607. The Morgan fingerprint density at radius 3 is 2.88 bits per heavy atom. The average molecular weight is 253 g/mol. The monoisotopic (exact) mass is 253 g/mol. The van der Waals surface area contributed by atoms with Crippen molar-refractivity contribution in [3.63, 3.8) is 0 Å². The molecule has 1 heterocycles. The van der Waals surface area contributed by atoms with Gasteiger partial charge in [-0.05, 0) is 30.9 Å². The predicted octanol–water partition coefficient (Wildman–Crippen LogP) is 2.39. The average Bonchev–Trinajstić information content (AvgIpc) is 2.69. The van der Waals surface area contributed by atoms with E-state index in [2.05, 4.69) is 15.5 Å². The van der Waals surface area contributed by atoms with Crippen molar-refractivity contribution < 1.29 is 8.81 Å². The molecule has 4 nitrogen and oxygen atoms in total. The van der Waals surface area contributed by atoms with Crippen LogP contribution in [0.15, 0.2) is 32.7 Å². The SMILES string of the molecule is CNCc1c(F)cccc1Sc1nnc(C)o1. The molecule has 0 atom stereocenters. The van der Waals surface area contributed by atoms with E-state index in [0.717, 1.165) is 4.90 Å². The first-order valence-electron chi connectivity index (χ1n) is 5.10. The third-order valence-electron chi connectivity index (χ3n) is 2.13. The van der Waals surface area contributed by atoms with E-state index in [9.17, 15) is 4.39 Å². The summed E-state index contributed by atoms with van der Waals surface area (Å²) in [6.07, 6.45) is 0. The molecule has 17 heavy (non-hydrogen) atoms. The molecular weight excluding hydrogens is 241 g/mol. The summed E-state index contributed by atoms with van der Waals surface area (Å²) in [5, 5.41) is 11.0. The minimum Gasteiger partial charge on any atom is -0.416 e. The maximum Gasteiger partial charge on any atom is 0.281 e. The van der Waals surface area contributed by atoms with Gasteiger partial charge in [0.15, 0.2) is 0 Å². The van der Waals surface area contributed by atoms with Crippen molar-refractivity contribution in [2.75, 3.05) is 7.05 Å². The quantitative estimate of drug-likeness (QED) is 0.906. The first-order chi connectivity index (χ1) is 8.20. The van der Waals surface area contributed by atoms with E-state index in [1.165, 1.54) is 17.8 Å². The van der Waals surface area contributed by atoms with Gasteiger partial charge in [-0.15, -0.1) is 10.2 Å². The first kappa shape index (κ1) is 12.1. The van der Waals surface area contributed by atoms with Crippen LogP contribution < -0.4 is 5.32 Å². The van der Waals surface area contributed by atoms with Gasteiger partial charge in [-0.3, -0.25) is 0 Å². The van der Waals surface area contributed by atoms with Crippen LogP contribution in [0.5, 0.6) is 0 Å². The molecule has 0 saturated carbocycles. The molecule has 0 aliphatic rings. The smallest absolute Gasteiger partial charge is 0.281 e. The van der Waals surface area contributed by atoms with Gasteiger partial charge in [-0.1, -0.05) is 6.07 Å². The Hall–Kier alpha value is -1.40. The van der Waals surface area contributed by atoms with E-state index in [1.54, 1.807) is 20.0 Å². The van der Waals surface area contributed by atoms with Crippen molar-refractivity contribution in [2.45, 2.75) is 23.6 Å². The lowest BCUT2D eigenvalue weighted by Crippen LogP contribution is -2.08. The number of aryl methyl sites for hydroxylation is 1. The van der Waals surface area contributed by atoms with Crippen molar-refractivity contribution in [1.82, 2.24) is 15.5 Å². The van der Waals surface area contributed by atoms with Crippen LogP contribution in [0, 0.1) is 12.7 Å². The lowest BCUT2D eigenvalue weighted by molar-refractivity contribution is 0.429. The summed E-state index contributed by atoms with van der Waals surface area (Å²) in [4.78, 5) is 0.781. The molecule has 0 radical (unpaired) electrons. The van der Waals surface area contributed by atoms with Crippen molar-refractivity contribution in [1.29, 1.82) is 0 Å². The largest absolute Gasteiger partial charge is 0.416 e. The van der Waals surface area contributed by atoms with Gasteiger partial charge in [0.25, 0.3) is 5.22 Å². The van der Waals surface area contributed by atoms with Crippen LogP contribution in [0.1, 0.15) is 11.5 Å². The van der Waals surface area contributed by atoms with Gasteiger partial charge in [0.05, 0.1) is 0 Å². The molecule has 6 heteroatoms. The van der Waals surface area contributed by atoms with Gasteiger partial charge in [0.2, 0.25) is 5.89 Å². The molecule has 0 bridgehead atoms. The second-order valence-corrected chi connectivity index (χ2v) is 4.43. The lowest BCUT2D eigenvalue weighted by Gasteiger charge is -2.07. The summed E-state index contributed by atoms with van der Waals surface area (Å²) >= 11 is 1.27. The second-order valence-electron chi connectivity index (χ2n) is 3.44. The lowest BCUT2D eigenvalue weighted by atomic mass is 10.2. The molecule has 90 valence electrons. The van der Waals surface area contributed by atoms with Gasteiger partial charge in [0.1, 0.15) is 5.82 Å².